The minimum Gasteiger partial charge on any atom is -0.396 e. The van der Waals surface area contributed by atoms with Crippen molar-refractivity contribution < 1.29 is 25.5 Å². The first kappa shape index (κ1) is 8.89. The standard InChI is InChI=1S/C6H12O5/c7-1-3-4(9)5(10)6(3,11)2-8/h3-5,7-11H,1-2H2/t3?,4-,5+,6?/m1/s1. The van der Waals surface area contributed by atoms with Gasteiger partial charge in [0, 0.05) is 5.92 Å². The van der Waals surface area contributed by atoms with Crippen molar-refractivity contribution in [2.45, 2.75) is 17.8 Å². The van der Waals surface area contributed by atoms with Gasteiger partial charge in [-0.05, 0) is 0 Å². The van der Waals surface area contributed by atoms with Gasteiger partial charge in [-0.1, -0.05) is 0 Å². The molecule has 0 aliphatic heterocycles. The number of rotatable bonds is 2. The average Bonchev–Trinajstić information content (AvgIpc) is 2.04. The molecule has 0 saturated heterocycles. The Kier molecular flexibility index (Phi) is 2.17. The van der Waals surface area contributed by atoms with Gasteiger partial charge in [-0.15, -0.1) is 0 Å². The molecule has 1 saturated carbocycles. The molecule has 11 heavy (non-hydrogen) atoms. The highest BCUT2D eigenvalue weighted by atomic mass is 16.4. The van der Waals surface area contributed by atoms with Crippen LogP contribution in [0.4, 0.5) is 0 Å². The number of hydrogen-bond donors (Lipinski definition) is 5. The van der Waals surface area contributed by atoms with Crippen molar-refractivity contribution in [1.29, 1.82) is 0 Å². The van der Waals surface area contributed by atoms with E-state index >= 15 is 0 Å². The molecule has 0 spiro atoms. The summed E-state index contributed by atoms with van der Waals surface area (Å²) in [5.74, 6) is -0.845. The van der Waals surface area contributed by atoms with Gasteiger partial charge in [0.1, 0.15) is 11.7 Å². The Morgan fingerprint density at radius 2 is 1.73 bits per heavy atom. The Morgan fingerprint density at radius 1 is 1.18 bits per heavy atom. The summed E-state index contributed by atoms with van der Waals surface area (Å²) in [7, 11) is 0. The quantitative estimate of drug-likeness (QED) is 0.300. The van der Waals surface area contributed by atoms with Crippen molar-refractivity contribution in [3.05, 3.63) is 0 Å². The summed E-state index contributed by atoms with van der Waals surface area (Å²) in [5.41, 5.74) is -1.73. The van der Waals surface area contributed by atoms with E-state index in [9.17, 15) is 5.11 Å². The summed E-state index contributed by atoms with van der Waals surface area (Å²) in [6.45, 7) is -1.11. The third-order valence-corrected chi connectivity index (χ3v) is 2.34. The van der Waals surface area contributed by atoms with E-state index in [2.05, 4.69) is 0 Å². The highest BCUT2D eigenvalue weighted by Gasteiger charge is 2.60. The van der Waals surface area contributed by atoms with E-state index in [1.807, 2.05) is 0 Å². The third kappa shape index (κ3) is 0.969. The van der Waals surface area contributed by atoms with E-state index in [-0.39, 0.29) is 0 Å². The molecule has 0 bridgehead atoms. The maximum atomic E-state index is 9.30. The highest BCUT2D eigenvalue weighted by Crippen LogP contribution is 2.38. The fourth-order valence-electron chi connectivity index (χ4n) is 1.39. The molecule has 0 aromatic rings. The maximum Gasteiger partial charge on any atom is 0.123 e. The maximum absolute atomic E-state index is 9.30. The highest BCUT2D eigenvalue weighted by molar-refractivity contribution is 5.09. The third-order valence-electron chi connectivity index (χ3n) is 2.34. The van der Waals surface area contributed by atoms with Crippen LogP contribution < -0.4 is 0 Å². The molecule has 4 atom stereocenters. The van der Waals surface area contributed by atoms with Crippen LogP contribution in [-0.4, -0.2) is 56.6 Å². The van der Waals surface area contributed by atoms with Crippen LogP contribution in [0.3, 0.4) is 0 Å². The van der Waals surface area contributed by atoms with Crippen LogP contribution in [0.2, 0.25) is 0 Å². The zero-order chi connectivity index (χ0) is 8.65. The summed E-state index contributed by atoms with van der Waals surface area (Å²) in [6.07, 6.45) is -2.50. The van der Waals surface area contributed by atoms with Crippen LogP contribution in [0.5, 0.6) is 0 Å². The monoisotopic (exact) mass is 164 g/mol. The Morgan fingerprint density at radius 3 is 2.00 bits per heavy atom. The first-order valence-corrected chi connectivity index (χ1v) is 3.38. The molecule has 0 aromatic heterocycles. The lowest BCUT2D eigenvalue weighted by molar-refractivity contribution is -0.279. The molecule has 1 rings (SSSR count). The van der Waals surface area contributed by atoms with Gasteiger partial charge in [-0.3, -0.25) is 0 Å². The largest absolute Gasteiger partial charge is 0.396 e. The molecule has 1 aliphatic rings. The second-order valence-corrected chi connectivity index (χ2v) is 2.87. The predicted molar refractivity (Wildman–Crippen MR) is 34.6 cm³/mol. The molecule has 2 unspecified atom stereocenters. The molecular weight excluding hydrogens is 152 g/mol. The first-order valence-electron chi connectivity index (χ1n) is 3.38. The van der Waals surface area contributed by atoms with Gasteiger partial charge in [-0.2, -0.15) is 0 Å². The van der Waals surface area contributed by atoms with Crippen molar-refractivity contribution in [3.8, 4) is 0 Å². The van der Waals surface area contributed by atoms with Crippen LogP contribution in [0.15, 0.2) is 0 Å². The Labute approximate surface area is 63.5 Å². The van der Waals surface area contributed by atoms with Crippen molar-refractivity contribution in [1.82, 2.24) is 0 Å². The van der Waals surface area contributed by atoms with E-state index < -0.39 is 36.9 Å². The molecule has 5 nitrogen and oxygen atoms in total. The van der Waals surface area contributed by atoms with Crippen molar-refractivity contribution >= 4 is 0 Å². The van der Waals surface area contributed by atoms with E-state index in [1.165, 1.54) is 0 Å². The fourth-order valence-corrected chi connectivity index (χ4v) is 1.39. The molecule has 0 heterocycles. The molecule has 5 N–H and O–H groups in total. The van der Waals surface area contributed by atoms with Gasteiger partial charge in [-0.25, -0.2) is 0 Å². The van der Waals surface area contributed by atoms with Crippen LogP contribution in [-0.2, 0) is 0 Å². The van der Waals surface area contributed by atoms with E-state index in [0.29, 0.717) is 0 Å². The number of hydrogen-bond acceptors (Lipinski definition) is 5. The lowest BCUT2D eigenvalue weighted by Gasteiger charge is -2.51. The minimum absolute atomic E-state index is 0.449. The Balaban J connectivity index is 2.66. The van der Waals surface area contributed by atoms with E-state index in [4.69, 9.17) is 20.4 Å². The van der Waals surface area contributed by atoms with E-state index in [1.54, 1.807) is 0 Å². The molecule has 0 amide bonds. The predicted octanol–water partition coefficient (Wildman–Crippen LogP) is -2.95. The molecule has 0 radical (unpaired) electrons. The molecule has 1 fully saturated rings. The van der Waals surface area contributed by atoms with Crippen molar-refractivity contribution in [3.63, 3.8) is 0 Å². The summed E-state index contributed by atoms with van der Waals surface area (Å²) < 4.78 is 0. The molecule has 0 aromatic carbocycles. The van der Waals surface area contributed by atoms with Crippen LogP contribution in [0, 0.1) is 5.92 Å². The normalized spacial score (nSPS) is 50.5. The van der Waals surface area contributed by atoms with Gasteiger partial charge in [0.15, 0.2) is 0 Å². The topological polar surface area (TPSA) is 101 Å². The SMILES string of the molecule is OCC1[C@@H](O)[C@H](O)C1(O)CO. The van der Waals surface area contributed by atoms with Crippen LogP contribution in [0.1, 0.15) is 0 Å². The van der Waals surface area contributed by atoms with Gasteiger partial charge >= 0.3 is 0 Å². The average molecular weight is 164 g/mol. The van der Waals surface area contributed by atoms with Gasteiger partial charge in [0.25, 0.3) is 0 Å². The second kappa shape index (κ2) is 2.69. The summed E-state index contributed by atoms with van der Waals surface area (Å²) in [4.78, 5) is 0. The zero-order valence-electron chi connectivity index (χ0n) is 5.88. The first-order chi connectivity index (χ1) is 5.07. The number of aliphatic hydroxyl groups is 5. The second-order valence-electron chi connectivity index (χ2n) is 2.87. The Hall–Kier alpha value is -0.200. The molecule has 5 heteroatoms. The summed E-state index contributed by atoms with van der Waals surface area (Å²) in [5, 5.41) is 44.4. The smallest absolute Gasteiger partial charge is 0.123 e. The summed E-state index contributed by atoms with van der Waals surface area (Å²) in [6, 6.07) is 0. The van der Waals surface area contributed by atoms with Gasteiger partial charge < -0.3 is 25.5 Å². The van der Waals surface area contributed by atoms with Gasteiger partial charge in [0.05, 0.1) is 19.3 Å². The van der Waals surface area contributed by atoms with Crippen molar-refractivity contribution in [2.24, 2.45) is 5.92 Å². The van der Waals surface area contributed by atoms with Gasteiger partial charge in [0.2, 0.25) is 0 Å². The number of aliphatic hydroxyl groups excluding tert-OH is 4. The van der Waals surface area contributed by atoms with E-state index in [0.717, 1.165) is 0 Å². The Bertz CT molecular complexity index is 150. The molecular formula is C6H12O5. The van der Waals surface area contributed by atoms with Crippen molar-refractivity contribution in [2.75, 3.05) is 13.2 Å². The lowest BCUT2D eigenvalue weighted by atomic mass is 9.65. The lowest BCUT2D eigenvalue weighted by Crippen LogP contribution is -2.72. The molecule has 66 valence electrons. The summed E-state index contributed by atoms with van der Waals surface area (Å²) >= 11 is 0. The minimum atomic E-state index is -1.73. The van der Waals surface area contributed by atoms with Crippen LogP contribution in [0.25, 0.3) is 0 Å². The van der Waals surface area contributed by atoms with Crippen LogP contribution >= 0.6 is 0 Å². The zero-order valence-corrected chi connectivity index (χ0v) is 5.88. The molecule has 1 aliphatic carbocycles. The fraction of sp³-hybridized carbons (Fsp3) is 1.00.